The van der Waals surface area contributed by atoms with E-state index in [0.29, 0.717) is 6.54 Å². The van der Waals surface area contributed by atoms with Crippen molar-refractivity contribution in [2.24, 2.45) is 0 Å². The van der Waals surface area contributed by atoms with E-state index >= 15 is 0 Å². The van der Waals surface area contributed by atoms with Gasteiger partial charge in [0.1, 0.15) is 5.76 Å². The molecular weight excluding hydrogens is 266 g/mol. The van der Waals surface area contributed by atoms with Gasteiger partial charge in [0.15, 0.2) is 4.34 Å². The molecule has 1 N–H and O–H groups in total. The van der Waals surface area contributed by atoms with Crippen LogP contribution in [0, 0.1) is 0 Å². The maximum atomic E-state index is 5.26. The average Bonchev–Trinajstić information content (AvgIpc) is 3.09. The van der Waals surface area contributed by atoms with Crippen molar-refractivity contribution in [3.8, 4) is 0 Å². The Balaban J connectivity index is 1.52. The summed E-state index contributed by atoms with van der Waals surface area (Å²) in [5, 5.41) is 13.2. The molecule has 96 valence electrons. The first kappa shape index (κ1) is 12.0. The highest BCUT2D eigenvalue weighted by Gasteiger charge is 2.18. The van der Waals surface area contributed by atoms with Crippen LogP contribution in [-0.2, 0) is 6.54 Å². The molecule has 6 heteroatoms. The monoisotopic (exact) mass is 281 g/mol. The van der Waals surface area contributed by atoms with Gasteiger partial charge in [0.25, 0.3) is 0 Å². The van der Waals surface area contributed by atoms with Crippen LogP contribution in [0.5, 0.6) is 0 Å². The van der Waals surface area contributed by atoms with Crippen molar-refractivity contribution in [3.63, 3.8) is 0 Å². The summed E-state index contributed by atoms with van der Waals surface area (Å²) in [6.45, 7) is 0.662. The third-order valence-electron chi connectivity index (χ3n) is 2.97. The highest BCUT2D eigenvalue weighted by atomic mass is 32.2. The summed E-state index contributed by atoms with van der Waals surface area (Å²) in [6.07, 6.45) is 7.04. The van der Waals surface area contributed by atoms with E-state index < -0.39 is 0 Å². The zero-order valence-corrected chi connectivity index (χ0v) is 11.6. The van der Waals surface area contributed by atoms with Crippen molar-refractivity contribution in [1.29, 1.82) is 0 Å². The second kappa shape index (κ2) is 5.75. The molecule has 0 bridgehead atoms. The van der Waals surface area contributed by atoms with Gasteiger partial charge in [-0.2, -0.15) is 0 Å². The predicted molar refractivity (Wildman–Crippen MR) is 74.1 cm³/mol. The molecular formula is C12H15N3OS2. The Morgan fingerprint density at radius 3 is 3.06 bits per heavy atom. The summed E-state index contributed by atoms with van der Waals surface area (Å²) in [6, 6.07) is 3.83. The molecule has 2 aromatic heterocycles. The lowest BCUT2D eigenvalue weighted by Gasteiger charge is -2.03. The SMILES string of the molecule is c1coc(CNc2nnc(SC3CCCC3)s2)c1. The first-order chi connectivity index (χ1) is 8.90. The Kier molecular flexibility index (Phi) is 3.85. The fourth-order valence-corrected chi connectivity index (χ4v) is 4.31. The van der Waals surface area contributed by atoms with Crippen LogP contribution in [0.15, 0.2) is 27.2 Å². The quantitative estimate of drug-likeness (QED) is 0.904. The number of thioether (sulfide) groups is 1. The summed E-state index contributed by atoms with van der Waals surface area (Å²) < 4.78 is 6.33. The number of hydrogen-bond donors (Lipinski definition) is 1. The first-order valence-electron chi connectivity index (χ1n) is 6.16. The van der Waals surface area contributed by atoms with Gasteiger partial charge in [-0.1, -0.05) is 35.9 Å². The van der Waals surface area contributed by atoms with Crippen LogP contribution in [-0.4, -0.2) is 15.4 Å². The Labute approximate surface area is 114 Å². The van der Waals surface area contributed by atoms with E-state index in [4.69, 9.17) is 4.42 Å². The maximum absolute atomic E-state index is 5.26. The minimum atomic E-state index is 0.662. The molecule has 0 atom stereocenters. The Bertz CT molecular complexity index is 477. The average molecular weight is 281 g/mol. The van der Waals surface area contributed by atoms with Gasteiger partial charge in [0.05, 0.1) is 12.8 Å². The van der Waals surface area contributed by atoms with Crippen LogP contribution in [0.4, 0.5) is 5.13 Å². The molecule has 2 aromatic rings. The molecule has 1 aliphatic carbocycles. The number of nitrogens with zero attached hydrogens (tertiary/aromatic N) is 2. The van der Waals surface area contributed by atoms with E-state index in [1.165, 1.54) is 25.7 Å². The molecule has 0 radical (unpaired) electrons. The Hall–Kier alpha value is -1.01. The smallest absolute Gasteiger partial charge is 0.206 e. The Morgan fingerprint density at radius 2 is 2.28 bits per heavy atom. The molecule has 0 spiro atoms. The van der Waals surface area contributed by atoms with Gasteiger partial charge >= 0.3 is 0 Å². The zero-order valence-electron chi connectivity index (χ0n) is 9.96. The van der Waals surface area contributed by atoms with Gasteiger partial charge in [0, 0.05) is 5.25 Å². The third kappa shape index (κ3) is 3.05. The number of hydrogen-bond acceptors (Lipinski definition) is 6. The zero-order chi connectivity index (χ0) is 12.2. The first-order valence-corrected chi connectivity index (χ1v) is 7.86. The molecule has 0 aliphatic heterocycles. The van der Waals surface area contributed by atoms with Gasteiger partial charge in [0.2, 0.25) is 5.13 Å². The van der Waals surface area contributed by atoms with Crippen molar-refractivity contribution in [3.05, 3.63) is 24.2 Å². The van der Waals surface area contributed by atoms with E-state index in [1.807, 2.05) is 23.9 Å². The van der Waals surface area contributed by atoms with E-state index in [1.54, 1.807) is 17.6 Å². The Morgan fingerprint density at radius 1 is 1.39 bits per heavy atom. The topological polar surface area (TPSA) is 51.0 Å². The molecule has 2 heterocycles. The fourth-order valence-electron chi connectivity index (χ4n) is 2.05. The van der Waals surface area contributed by atoms with Crippen LogP contribution in [0.1, 0.15) is 31.4 Å². The van der Waals surface area contributed by atoms with Crippen LogP contribution in [0.2, 0.25) is 0 Å². The summed E-state index contributed by atoms with van der Waals surface area (Å²) in [4.78, 5) is 0. The van der Waals surface area contributed by atoms with Gasteiger partial charge < -0.3 is 9.73 Å². The van der Waals surface area contributed by atoms with Crippen molar-refractivity contribution in [2.45, 2.75) is 41.8 Å². The number of nitrogens with one attached hydrogen (secondary N) is 1. The van der Waals surface area contributed by atoms with Crippen LogP contribution in [0.3, 0.4) is 0 Å². The molecule has 3 rings (SSSR count). The van der Waals surface area contributed by atoms with Gasteiger partial charge in [-0.25, -0.2) is 0 Å². The molecule has 0 amide bonds. The fraction of sp³-hybridized carbons (Fsp3) is 0.500. The molecule has 18 heavy (non-hydrogen) atoms. The molecule has 0 saturated heterocycles. The minimum absolute atomic E-state index is 0.662. The van der Waals surface area contributed by atoms with E-state index in [0.717, 1.165) is 20.5 Å². The summed E-state index contributed by atoms with van der Waals surface area (Å²) in [5.74, 6) is 0.912. The minimum Gasteiger partial charge on any atom is -0.467 e. The number of rotatable bonds is 5. The van der Waals surface area contributed by atoms with Gasteiger partial charge in [-0.3, -0.25) is 0 Å². The molecule has 4 nitrogen and oxygen atoms in total. The number of aromatic nitrogens is 2. The standard InChI is InChI=1S/C12H15N3OS2/c1-2-6-10(5-1)17-12-15-14-11(18-12)13-8-9-4-3-7-16-9/h3-4,7,10H,1-2,5-6,8H2,(H,13,14). The van der Waals surface area contributed by atoms with E-state index in [2.05, 4.69) is 15.5 Å². The highest BCUT2D eigenvalue weighted by molar-refractivity contribution is 8.01. The normalized spacial score (nSPS) is 16.2. The highest BCUT2D eigenvalue weighted by Crippen LogP contribution is 2.36. The molecule has 1 aliphatic rings. The molecule has 1 fully saturated rings. The summed E-state index contributed by atoms with van der Waals surface area (Å²) >= 11 is 3.51. The molecule has 0 aromatic carbocycles. The molecule has 1 saturated carbocycles. The van der Waals surface area contributed by atoms with Crippen LogP contribution < -0.4 is 5.32 Å². The maximum Gasteiger partial charge on any atom is 0.206 e. The summed E-state index contributed by atoms with van der Waals surface area (Å²) in [5.41, 5.74) is 0. The van der Waals surface area contributed by atoms with Crippen molar-refractivity contribution >= 4 is 28.2 Å². The predicted octanol–water partition coefficient (Wildman–Crippen LogP) is 3.78. The number of anilines is 1. The third-order valence-corrected chi connectivity index (χ3v) is 5.27. The summed E-state index contributed by atoms with van der Waals surface area (Å²) in [7, 11) is 0. The van der Waals surface area contributed by atoms with Crippen LogP contribution in [0.25, 0.3) is 0 Å². The van der Waals surface area contributed by atoms with Crippen molar-refractivity contribution in [1.82, 2.24) is 10.2 Å². The van der Waals surface area contributed by atoms with Crippen LogP contribution >= 0.6 is 23.1 Å². The van der Waals surface area contributed by atoms with E-state index in [9.17, 15) is 0 Å². The van der Waals surface area contributed by atoms with Gasteiger partial charge in [-0.05, 0) is 25.0 Å². The van der Waals surface area contributed by atoms with Crippen molar-refractivity contribution < 1.29 is 4.42 Å². The number of furan rings is 1. The second-order valence-electron chi connectivity index (χ2n) is 4.33. The van der Waals surface area contributed by atoms with Crippen molar-refractivity contribution in [2.75, 3.05) is 5.32 Å². The second-order valence-corrected chi connectivity index (χ2v) is 6.86. The molecule has 0 unspecified atom stereocenters. The van der Waals surface area contributed by atoms with E-state index in [-0.39, 0.29) is 0 Å². The largest absolute Gasteiger partial charge is 0.467 e. The van der Waals surface area contributed by atoms with Gasteiger partial charge in [-0.15, -0.1) is 10.2 Å². The lowest BCUT2D eigenvalue weighted by atomic mass is 10.4. The lowest BCUT2D eigenvalue weighted by Crippen LogP contribution is -1.96. The lowest BCUT2D eigenvalue weighted by molar-refractivity contribution is 0.518.